The lowest BCUT2D eigenvalue weighted by Crippen LogP contribution is -2.39. The maximum atomic E-state index is 12.4. The summed E-state index contributed by atoms with van der Waals surface area (Å²) in [7, 11) is 0. The molecule has 21 heavy (non-hydrogen) atoms. The molecule has 0 saturated carbocycles. The minimum absolute atomic E-state index is 0.175. The van der Waals surface area contributed by atoms with Gasteiger partial charge in [0.2, 0.25) is 11.8 Å². The van der Waals surface area contributed by atoms with E-state index in [4.69, 9.17) is 4.52 Å². The van der Waals surface area contributed by atoms with E-state index in [0.717, 1.165) is 24.3 Å². The van der Waals surface area contributed by atoms with Gasteiger partial charge in [-0.3, -0.25) is 4.79 Å². The van der Waals surface area contributed by atoms with Crippen molar-refractivity contribution in [3.8, 4) is 0 Å². The third-order valence-corrected chi connectivity index (χ3v) is 4.79. The molecule has 0 spiro atoms. The molecule has 1 saturated heterocycles. The third-order valence-electron chi connectivity index (χ3n) is 3.79. The number of hydrogen-bond acceptors (Lipinski definition) is 5. The number of carbonyl (C=O) groups excluding carboxylic acids is 1. The molecule has 2 aromatic rings. The summed E-state index contributed by atoms with van der Waals surface area (Å²) in [5, 5.41) is 3.84. The Kier molecular flexibility index (Phi) is 4.05. The molecule has 2 aromatic heterocycles. The van der Waals surface area contributed by atoms with Gasteiger partial charge in [-0.15, -0.1) is 11.3 Å². The van der Waals surface area contributed by atoms with E-state index < -0.39 is 0 Å². The zero-order valence-corrected chi connectivity index (χ0v) is 13.2. The van der Waals surface area contributed by atoms with Crippen molar-refractivity contribution in [3.63, 3.8) is 0 Å². The topological polar surface area (TPSA) is 59.2 Å². The van der Waals surface area contributed by atoms with Crippen molar-refractivity contribution in [2.24, 2.45) is 0 Å². The molecule has 112 valence electrons. The first-order valence-corrected chi connectivity index (χ1v) is 8.07. The molecule has 0 aliphatic carbocycles. The van der Waals surface area contributed by atoms with E-state index in [9.17, 15) is 4.79 Å². The second-order valence-corrected chi connectivity index (χ2v) is 6.92. The second kappa shape index (κ2) is 5.97. The van der Waals surface area contributed by atoms with Gasteiger partial charge in [0.1, 0.15) is 0 Å². The average molecular weight is 305 g/mol. The van der Waals surface area contributed by atoms with Crippen LogP contribution in [0.25, 0.3) is 0 Å². The van der Waals surface area contributed by atoms with Crippen LogP contribution in [0.4, 0.5) is 0 Å². The van der Waals surface area contributed by atoms with E-state index in [-0.39, 0.29) is 11.8 Å². The Morgan fingerprint density at radius 3 is 3.00 bits per heavy atom. The first-order valence-electron chi connectivity index (χ1n) is 7.25. The highest BCUT2D eigenvalue weighted by Crippen LogP contribution is 2.26. The van der Waals surface area contributed by atoms with Crippen LogP contribution < -0.4 is 0 Å². The Hall–Kier alpha value is -1.69. The van der Waals surface area contributed by atoms with Crippen molar-refractivity contribution in [2.45, 2.75) is 39.0 Å². The van der Waals surface area contributed by atoms with Gasteiger partial charge in [0, 0.05) is 22.8 Å². The largest absolute Gasteiger partial charge is 0.342 e. The molecule has 3 heterocycles. The lowest BCUT2D eigenvalue weighted by atomic mass is 9.97. The van der Waals surface area contributed by atoms with Crippen LogP contribution in [0.5, 0.6) is 0 Å². The van der Waals surface area contributed by atoms with E-state index in [1.54, 1.807) is 11.3 Å². The quantitative estimate of drug-likeness (QED) is 0.875. The highest BCUT2D eigenvalue weighted by molar-refractivity contribution is 7.12. The molecule has 0 radical (unpaired) electrons. The first kappa shape index (κ1) is 14.3. The molecule has 1 aliphatic heterocycles. The first-order chi connectivity index (χ1) is 10.1. The zero-order chi connectivity index (χ0) is 14.8. The molecule has 0 N–H and O–H groups in total. The molecule has 0 aromatic carbocycles. The summed E-state index contributed by atoms with van der Waals surface area (Å²) in [6, 6.07) is 4.11. The maximum Gasteiger partial charge on any atom is 0.231 e. The van der Waals surface area contributed by atoms with E-state index in [1.165, 1.54) is 4.88 Å². The van der Waals surface area contributed by atoms with E-state index in [2.05, 4.69) is 23.1 Å². The molecule has 6 heteroatoms. The fourth-order valence-electron chi connectivity index (χ4n) is 2.73. The number of hydrogen-bond donors (Lipinski definition) is 0. The molecule has 1 fully saturated rings. The summed E-state index contributed by atoms with van der Waals surface area (Å²) in [4.78, 5) is 21.0. The summed E-state index contributed by atoms with van der Waals surface area (Å²) in [6.45, 7) is 5.39. The highest BCUT2D eigenvalue weighted by atomic mass is 32.1. The number of likely N-dealkylation sites (tertiary alicyclic amines) is 1. The fourth-order valence-corrected chi connectivity index (χ4v) is 3.61. The number of nitrogens with zero attached hydrogens (tertiary/aromatic N) is 3. The monoisotopic (exact) mass is 305 g/mol. The molecule has 5 nitrogen and oxygen atoms in total. The van der Waals surface area contributed by atoms with Gasteiger partial charge in [0.05, 0.1) is 12.3 Å². The van der Waals surface area contributed by atoms with Gasteiger partial charge in [0.15, 0.2) is 5.82 Å². The normalized spacial score (nSPS) is 19.0. The SMILES string of the molecule is Cc1noc([C@@H]2CCCN(C(=O)Cc3ccc(C)s3)C2)n1. The fraction of sp³-hybridized carbons (Fsp3) is 0.533. The van der Waals surface area contributed by atoms with Gasteiger partial charge in [0.25, 0.3) is 0 Å². The van der Waals surface area contributed by atoms with Crippen molar-refractivity contribution in [3.05, 3.63) is 33.6 Å². The zero-order valence-electron chi connectivity index (χ0n) is 12.3. The van der Waals surface area contributed by atoms with Gasteiger partial charge in [-0.1, -0.05) is 5.16 Å². The minimum Gasteiger partial charge on any atom is -0.342 e. The summed E-state index contributed by atoms with van der Waals surface area (Å²) in [6.07, 6.45) is 2.49. The number of thiophene rings is 1. The lowest BCUT2D eigenvalue weighted by Gasteiger charge is -2.31. The van der Waals surface area contributed by atoms with Crippen LogP contribution in [0.15, 0.2) is 16.7 Å². The van der Waals surface area contributed by atoms with Gasteiger partial charge in [-0.25, -0.2) is 0 Å². The molecule has 1 atom stereocenters. The Balaban J connectivity index is 1.64. The van der Waals surface area contributed by atoms with Crippen LogP contribution >= 0.6 is 11.3 Å². The standard InChI is InChI=1S/C15H19N3O2S/c1-10-5-6-13(21-10)8-14(19)18-7-3-4-12(9-18)15-16-11(2)17-20-15/h5-6,12H,3-4,7-9H2,1-2H3/t12-/m1/s1. The van der Waals surface area contributed by atoms with Crippen LogP contribution in [0.3, 0.4) is 0 Å². The Morgan fingerprint density at radius 1 is 1.48 bits per heavy atom. The molecular formula is C15H19N3O2S. The van der Waals surface area contributed by atoms with E-state index in [0.29, 0.717) is 24.7 Å². The van der Waals surface area contributed by atoms with Gasteiger partial charge >= 0.3 is 0 Å². The van der Waals surface area contributed by atoms with E-state index >= 15 is 0 Å². The summed E-state index contributed by atoms with van der Waals surface area (Å²) >= 11 is 1.69. The van der Waals surface area contributed by atoms with Gasteiger partial charge in [-0.2, -0.15) is 4.98 Å². The van der Waals surface area contributed by atoms with Crippen molar-refractivity contribution in [2.75, 3.05) is 13.1 Å². The van der Waals surface area contributed by atoms with Crippen LogP contribution in [-0.4, -0.2) is 34.0 Å². The molecule has 0 unspecified atom stereocenters. The second-order valence-electron chi connectivity index (χ2n) is 5.55. The van der Waals surface area contributed by atoms with Crippen LogP contribution in [-0.2, 0) is 11.2 Å². The number of rotatable bonds is 3. The van der Waals surface area contributed by atoms with Crippen molar-refractivity contribution in [1.29, 1.82) is 0 Å². The number of carbonyl (C=O) groups is 1. The average Bonchev–Trinajstić information content (AvgIpc) is 3.08. The van der Waals surface area contributed by atoms with E-state index in [1.807, 2.05) is 17.9 Å². The van der Waals surface area contributed by atoms with Crippen molar-refractivity contribution < 1.29 is 9.32 Å². The van der Waals surface area contributed by atoms with Crippen LogP contribution in [0.1, 0.15) is 40.2 Å². The smallest absolute Gasteiger partial charge is 0.231 e. The molecule has 1 amide bonds. The van der Waals surface area contributed by atoms with Crippen molar-refractivity contribution >= 4 is 17.2 Å². The van der Waals surface area contributed by atoms with Gasteiger partial charge < -0.3 is 9.42 Å². The number of piperidine rings is 1. The Morgan fingerprint density at radius 2 is 2.33 bits per heavy atom. The summed E-state index contributed by atoms with van der Waals surface area (Å²) in [5.41, 5.74) is 0. The number of amides is 1. The van der Waals surface area contributed by atoms with Crippen molar-refractivity contribution in [1.82, 2.24) is 15.0 Å². The highest BCUT2D eigenvalue weighted by Gasteiger charge is 2.28. The Labute approximate surface area is 128 Å². The molecule has 0 bridgehead atoms. The van der Waals surface area contributed by atoms with Crippen LogP contribution in [0.2, 0.25) is 0 Å². The predicted molar refractivity (Wildman–Crippen MR) is 80.4 cm³/mol. The third kappa shape index (κ3) is 3.32. The number of aromatic nitrogens is 2. The number of aryl methyl sites for hydroxylation is 2. The lowest BCUT2D eigenvalue weighted by molar-refractivity contribution is -0.131. The minimum atomic E-state index is 0.175. The van der Waals surface area contributed by atoms with Gasteiger partial charge in [-0.05, 0) is 38.8 Å². The summed E-state index contributed by atoms with van der Waals surface area (Å²) in [5.74, 6) is 1.69. The Bertz CT molecular complexity index is 634. The predicted octanol–water partition coefficient (Wildman–Crippen LogP) is 2.70. The molecule has 3 rings (SSSR count). The molecular weight excluding hydrogens is 286 g/mol. The maximum absolute atomic E-state index is 12.4. The summed E-state index contributed by atoms with van der Waals surface area (Å²) < 4.78 is 5.26. The van der Waals surface area contributed by atoms with Crippen LogP contribution in [0, 0.1) is 13.8 Å². The molecule has 1 aliphatic rings.